The fourth-order valence-corrected chi connectivity index (χ4v) is 2.12. The Morgan fingerprint density at radius 3 is 2.76 bits per heavy atom. The molecule has 0 saturated heterocycles. The molecule has 5 heteroatoms. The number of nitrogens with zero attached hydrogens (tertiary/aromatic N) is 1. The molecule has 0 bridgehead atoms. The molecule has 0 aliphatic carbocycles. The molecule has 4 nitrogen and oxygen atoms in total. The molecule has 1 aromatic rings. The van der Waals surface area contributed by atoms with E-state index in [1.807, 2.05) is 13.0 Å². The summed E-state index contributed by atoms with van der Waals surface area (Å²) >= 11 is 3.30. The summed E-state index contributed by atoms with van der Waals surface area (Å²) in [5.41, 5.74) is 1.88. The van der Waals surface area contributed by atoms with Crippen LogP contribution in [0.4, 0.5) is 5.69 Å². The molecular weight excluding hydrogens is 286 g/mol. The molecule has 2 rings (SSSR count). The minimum atomic E-state index is -0.608. The molecule has 1 heterocycles. The first kappa shape index (κ1) is 11.9. The second-order valence-corrected chi connectivity index (χ2v) is 4.44. The van der Waals surface area contributed by atoms with Gasteiger partial charge in [0.05, 0.1) is 18.4 Å². The number of esters is 1. The van der Waals surface area contributed by atoms with Crippen molar-refractivity contribution in [3.8, 4) is 0 Å². The normalized spacial score (nSPS) is 13.6. The van der Waals surface area contributed by atoms with Crippen LogP contribution in [-0.2, 0) is 9.53 Å². The lowest BCUT2D eigenvalue weighted by atomic mass is 10.00. The number of benzene rings is 1. The summed E-state index contributed by atoms with van der Waals surface area (Å²) in [6.07, 6.45) is 1.19. The van der Waals surface area contributed by atoms with Crippen molar-refractivity contribution in [2.24, 2.45) is 0 Å². The number of carbonyl (C=O) groups is 2. The Hall–Kier alpha value is -1.62. The van der Waals surface area contributed by atoms with Crippen molar-refractivity contribution in [3.63, 3.8) is 0 Å². The third-order valence-electron chi connectivity index (χ3n) is 2.47. The number of aryl methyl sites for hydroxylation is 1. The molecule has 0 unspecified atom stereocenters. The summed E-state index contributed by atoms with van der Waals surface area (Å²) in [5, 5.41) is 4.16. The molecule has 1 aliphatic rings. The topological polar surface area (TPSA) is 57.5 Å². The van der Waals surface area contributed by atoms with Gasteiger partial charge in [-0.05, 0) is 34.5 Å². The van der Waals surface area contributed by atoms with E-state index in [0.29, 0.717) is 15.7 Å². The van der Waals surface area contributed by atoms with Gasteiger partial charge in [-0.25, -0.2) is 10.1 Å². The first-order valence-electron chi connectivity index (χ1n) is 4.89. The highest BCUT2D eigenvalue weighted by Gasteiger charge is 2.26. The highest BCUT2D eigenvalue weighted by atomic mass is 79.9. The minimum Gasteiger partial charge on any atom is -0.464 e. The molecule has 0 N–H and O–H groups in total. The van der Waals surface area contributed by atoms with E-state index in [-0.39, 0.29) is 11.5 Å². The summed E-state index contributed by atoms with van der Waals surface area (Å²) < 4.78 is 5.23. The van der Waals surface area contributed by atoms with Crippen LogP contribution in [0.15, 0.2) is 28.4 Å². The Morgan fingerprint density at radius 2 is 2.12 bits per heavy atom. The number of rotatable bonds is 1. The van der Waals surface area contributed by atoms with Gasteiger partial charge in [0.1, 0.15) is 0 Å². The number of allylic oxidation sites excluding steroid dienone is 1. The van der Waals surface area contributed by atoms with Gasteiger partial charge in [0, 0.05) is 10.5 Å². The van der Waals surface area contributed by atoms with Gasteiger partial charge in [-0.1, -0.05) is 6.07 Å². The maximum absolute atomic E-state index is 11.9. The maximum Gasteiger partial charge on any atom is 0.356 e. The lowest BCUT2D eigenvalue weighted by Crippen LogP contribution is -2.20. The molecule has 0 saturated carbocycles. The summed E-state index contributed by atoms with van der Waals surface area (Å²) in [6, 6.07) is 3.62. The van der Waals surface area contributed by atoms with E-state index in [2.05, 4.69) is 26.0 Å². The van der Waals surface area contributed by atoms with Crippen LogP contribution in [0.3, 0.4) is 0 Å². The average molecular weight is 295 g/mol. The Bertz CT molecular complexity index is 549. The quantitative estimate of drug-likeness (QED) is 0.747. The first-order chi connectivity index (χ1) is 8.04. The zero-order chi connectivity index (χ0) is 12.6. The summed E-state index contributed by atoms with van der Waals surface area (Å²) in [6.45, 7) is 1.84. The molecule has 17 heavy (non-hydrogen) atoms. The van der Waals surface area contributed by atoms with E-state index in [9.17, 15) is 9.59 Å². The van der Waals surface area contributed by atoms with Crippen molar-refractivity contribution in [1.29, 1.82) is 0 Å². The fourth-order valence-electron chi connectivity index (χ4n) is 1.61. The number of methoxy groups -OCH3 is 1. The van der Waals surface area contributed by atoms with Crippen molar-refractivity contribution >= 4 is 33.4 Å². The molecular formula is C12H9BrNO3. The van der Waals surface area contributed by atoms with Gasteiger partial charge < -0.3 is 4.74 Å². The zero-order valence-electron chi connectivity index (χ0n) is 9.28. The molecule has 1 aliphatic heterocycles. The zero-order valence-corrected chi connectivity index (χ0v) is 10.9. The highest BCUT2D eigenvalue weighted by Crippen LogP contribution is 2.33. The first-order valence-corrected chi connectivity index (χ1v) is 5.69. The summed E-state index contributed by atoms with van der Waals surface area (Å²) in [7, 11) is 1.26. The Labute approximate surface area is 107 Å². The van der Waals surface area contributed by atoms with Gasteiger partial charge >= 0.3 is 5.97 Å². The number of ether oxygens (including phenoxy) is 1. The number of ketones is 1. The Kier molecular flexibility index (Phi) is 3.02. The number of hydrogen-bond acceptors (Lipinski definition) is 3. The molecule has 0 aromatic heterocycles. The molecule has 1 radical (unpaired) electrons. The van der Waals surface area contributed by atoms with Crippen molar-refractivity contribution < 1.29 is 14.3 Å². The van der Waals surface area contributed by atoms with E-state index in [1.54, 1.807) is 6.07 Å². The van der Waals surface area contributed by atoms with E-state index in [1.165, 1.54) is 13.2 Å². The molecule has 0 fully saturated rings. The van der Waals surface area contributed by atoms with Gasteiger partial charge in [0.2, 0.25) is 0 Å². The van der Waals surface area contributed by atoms with E-state index >= 15 is 0 Å². The van der Waals surface area contributed by atoms with Crippen LogP contribution in [0, 0.1) is 6.92 Å². The predicted molar refractivity (Wildman–Crippen MR) is 65.1 cm³/mol. The molecule has 0 atom stereocenters. The van der Waals surface area contributed by atoms with E-state index < -0.39 is 5.97 Å². The molecule has 87 valence electrons. The van der Waals surface area contributed by atoms with Crippen molar-refractivity contribution in [2.45, 2.75) is 6.92 Å². The van der Waals surface area contributed by atoms with E-state index in [0.717, 1.165) is 5.56 Å². The van der Waals surface area contributed by atoms with Crippen LogP contribution in [0.5, 0.6) is 0 Å². The smallest absolute Gasteiger partial charge is 0.356 e. The maximum atomic E-state index is 11.9. The fraction of sp³-hybridized carbons (Fsp3) is 0.167. The van der Waals surface area contributed by atoms with Crippen molar-refractivity contribution in [2.75, 3.05) is 7.11 Å². The standard InChI is InChI=1S/C12H9BrNO3/c1-6-3-4-7(13)10-9(15)5-8(12(16)17-2)14-11(6)10/h3-5H,1-2H3. The molecule has 1 aromatic carbocycles. The molecule has 0 amide bonds. The number of fused-ring (bicyclic) bond motifs is 1. The van der Waals surface area contributed by atoms with Gasteiger partial charge in [0.25, 0.3) is 0 Å². The van der Waals surface area contributed by atoms with Gasteiger partial charge in [0.15, 0.2) is 11.5 Å². The number of halogens is 1. The largest absolute Gasteiger partial charge is 0.464 e. The van der Waals surface area contributed by atoms with Gasteiger partial charge in [-0.15, -0.1) is 0 Å². The summed E-state index contributed by atoms with van der Waals surface area (Å²) in [4.78, 5) is 23.3. The third kappa shape index (κ3) is 1.98. The lowest BCUT2D eigenvalue weighted by Gasteiger charge is -2.17. The highest BCUT2D eigenvalue weighted by molar-refractivity contribution is 9.10. The second kappa shape index (κ2) is 4.33. The average Bonchev–Trinajstić information content (AvgIpc) is 2.32. The van der Waals surface area contributed by atoms with E-state index in [4.69, 9.17) is 0 Å². The molecule has 0 spiro atoms. The van der Waals surface area contributed by atoms with Crippen molar-refractivity contribution in [1.82, 2.24) is 5.32 Å². The van der Waals surface area contributed by atoms with Gasteiger partial charge in [-0.3, -0.25) is 4.79 Å². The predicted octanol–water partition coefficient (Wildman–Crippen LogP) is 2.25. The third-order valence-corrected chi connectivity index (χ3v) is 3.13. The monoisotopic (exact) mass is 294 g/mol. The minimum absolute atomic E-state index is 0.0335. The van der Waals surface area contributed by atoms with Crippen molar-refractivity contribution in [3.05, 3.63) is 39.5 Å². The summed E-state index contributed by atoms with van der Waals surface area (Å²) in [5.74, 6) is -0.852. The SMILES string of the molecule is COC(=O)C1=CC(=O)c2c(Br)ccc(C)c2[N]1. The van der Waals surface area contributed by atoms with Crippen LogP contribution in [0.1, 0.15) is 15.9 Å². The second-order valence-electron chi connectivity index (χ2n) is 3.59. The Morgan fingerprint density at radius 1 is 1.41 bits per heavy atom. The van der Waals surface area contributed by atoms with Crippen LogP contribution in [0.2, 0.25) is 0 Å². The van der Waals surface area contributed by atoms with Crippen LogP contribution in [0.25, 0.3) is 0 Å². The van der Waals surface area contributed by atoms with Gasteiger partial charge in [-0.2, -0.15) is 0 Å². The van der Waals surface area contributed by atoms with Crippen LogP contribution >= 0.6 is 15.9 Å². The lowest BCUT2D eigenvalue weighted by molar-refractivity contribution is -0.136. The number of carbonyl (C=O) groups excluding carboxylic acids is 2. The Balaban J connectivity index is 2.54. The number of hydrogen-bond donors (Lipinski definition) is 0. The van der Waals surface area contributed by atoms with Crippen LogP contribution < -0.4 is 5.32 Å². The van der Waals surface area contributed by atoms with Crippen LogP contribution in [-0.4, -0.2) is 18.9 Å².